The first-order valence-electron chi connectivity index (χ1n) is 9.18. The van der Waals surface area contributed by atoms with E-state index in [9.17, 15) is 4.79 Å². The van der Waals surface area contributed by atoms with Crippen molar-refractivity contribution in [3.63, 3.8) is 0 Å². The standard InChI is InChI=1S/C19H26N4O2S2/c1-14(2)25-18-20-21-19(27-18)26-13-17(24)23-9-7-22(8-10-23)12-16-6-4-5-15(3)11-16/h4-6,11,14H,7-10,12-13H2,1-3H3. The van der Waals surface area contributed by atoms with Gasteiger partial charge in [-0.05, 0) is 37.7 Å². The molecule has 1 aromatic heterocycles. The van der Waals surface area contributed by atoms with E-state index in [0.29, 0.717) is 10.9 Å². The summed E-state index contributed by atoms with van der Waals surface area (Å²) in [6, 6.07) is 8.62. The number of amides is 1. The molecule has 27 heavy (non-hydrogen) atoms. The highest BCUT2D eigenvalue weighted by Gasteiger charge is 2.21. The predicted molar refractivity (Wildman–Crippen MR) is 109 cm³/mol. The van der Waals surface area contributed by atoms with Crippen LogP contribution in [0.5, 0.6) is 5.19 Å². The molecular weight excluding hydrogens is 380 g/mol. The van der Waals surface area contributed by atoms with Gasteiger partial charge in [0.05, 0.1) is 11.9 Å². The molecule has 0 saturated carbocycles. The van der Waals surface area contributed by atoms with Gasteiger partial charge in [-0.25, -0.2) is 0 Å². The third kappa shape index (κ3) is 6.19. The highest BCUT2D eigenvalue weighted by molar-refractivity contribution is 8.01. The molecule has 1 aliphatic heterocycles. The second kappa shape index (κ2) is 9.52. The summed E-state index contributed by atoms with van der Waals surface area (Å²) < 4.78 is 6.29. The molecule has 1 fully saturated rings. The fourth-order valence-electron chi connectivity index (χ4n) is 2.94. The van der Waals surface area contributed by atoms with Crippen molar-refractivity contribution >= 4 is 29.0 Å². The number of ether oxygens (including phenoxy) is 1. The van der Waals surface area contributed by atoms with E-state index < -0.39 is 0 Å². The summed E-state index contributed by atoms with van der Waals surface area (Å²) in [5.74, 6) is 0.561. The third-order valence-electron chi connectivity index (χ3n) is 4.26. The maximum absolute atomic E-state index is 12.5. The third-order valence-corrected chi connectivity index (χ3v) is 6.19. The Labute approximate surface area is 168 Å². The SMILES string of the molecule is Cc1cccc(CN2CCN(C(=O)CSc3nnc(OC(C)C)s3)CC2)c1. The quantitative estimate of drug-likeness (QED) is 0.659. The highest BCUT2D eigenvalue weighted by Crippen LogP contribution is 2.27. The highest BCUT2D eigenvalue weighted by atomic mass is 32.2. The normalized spacial score (nSPS) is 15.3. The molecule has 2 aromatic rings. The van der Waals surface area contributed by atoms with Crippen LogP contribution in [0.2, 0.25) is 0 Å². The zero-order valence-electron chi connectivity index (χ0n) is 16.1. The number of aromatic nitrogens is 2. The van der Waals surface area contributed by atoms with Crippen LogP contribution in [0.4, 0.5) is 0 Å². The fraction of sp³-hybridized carbons (Fsp3) is 0.526. The molecule has 1 amide bonds. The Bertz CT molecular complexity index is 758. The Kier molecular flexibility index (Phi) is 7.09. The summed E-state index contributed by atoms with van der Waals surface area (Å²) in [6.45, 7) is 10.4. The number of rotatable bonds is 7. The first-order chi connectivity index (χ1) is 13.0. The lowest BCUT2D eigenvalue weighted by molar-refractivity contribution is -0.130. The molecule has 1 aromatic carbocycles. The van der Waals surface area contributed by atoms with Crippen LogP contribution >= 0.6 is 23.1 Å². The Hall–Kier alpha value is -1.64. The number of hydrogen-bond acceptors (Lipinski definition) is 7. The summed E-state index contributed by atoms with van der Waals surface area (Å²) in [5.41, 5.74) is 2.62. The molecule has 0 spiro atoms. The first-order valence-corrected chi connectivity index (χ1v) is 11.0. The van der Waals surface area contributed by atoms with Crippen molar-refractivity contribution in [2.45, 2.75) is 37.8 Å². The van der Waals surface area contributed by atoms with Gasteiger partial charge in [0, 0.05) is 32.7 Å². The topological polar surface area (TPSA) is 58.6 Å². The zero-order valence-corrected chi connectivity index (χ0v) is 17.7. The Balaban J connectivity index is 1.41. The number of thioether (sulfide) groups is 1. The van der Waals surface area contributed by atoms with E-state index in [1.807, 2.05) is 18.7 Å². The van der Waals surface area contributed by atoms with Crippen LogP contribution in [0.25, 0.3) is 0 Å². The van der Waals surface area contributed by atoms with Crippen LogP contribution in [0.15, 0.2) is 28.6 Å². The predicted octanol–water partition coefficient (Wildman–Crippen LogP) is 3.07. The van der Waals surface area contributed by atoms with Crippen molar-refractivity contribution in [2.75, 3.05) is 31.9 Å². The number of nitrogens with zero attached hydrogens (tertiary/aromatic N) is 4. The molecule has 2 heterocycles. The van der Waals surface area contributed by atoms with Crippen LogP contribution in [0, 0.1) is 6.92 Å². The van der Waals surface area contributed by atoms with E-state index in [-0.39, 0.29) is 12.0 Å². The monoisotopic (exact) mass is 406 g/mol. The number of hydrogen-bond donors (Lipinski definition) is 0. The van der Waals surface area contributed by atoms with Gasteiger partial charge in [-0.15, -0.1) is 5.10 Å². The number of carbonyl (C=O) groups is 1. The van der Waals surface area contributed by atoms with E-state index in [1.165, 1.54) is 34.2 Å². The van der Waals surface area contributed by atoms with Crippen LogP contribution in [0.1, 0.15) is 25.0 Å². The van der Waals surface area contributed by atoms with Crippen molar-refractivity contribution < 1.29 is 9.53 Å². The minimum atomic E-state index is 0.0773. The molecule has 6 nitrogen and oxygen atoms in total. The Morgan fingerprint density at radius 3 is 2.74 bits per heavy atom. The molecular formula is C19H26N4O2S2. The maximum atomic E-state index is 12.5. The van der Waals surface area contributed by atoms with Gasteiger partial charge in [-0.3, -0.25) is 9.69 Å². The Morgan fingerprint density at radius 2 is 2.04 bits per heavy atom. The summed E-state index contributed by atoms with van der Waals surface area (Å²) in [7, 11) is 0. The fourth-order valence-corrected chi connectivity index (χ4v) is 4.65. The van der Waals surface area contributed by atoms with Crippen molar-refractivity contribution in [3.8, 4) is 5.19 Å². The second-order valence-corrected chi connectivity index (χ2v) is 9.10. The van der Waals surface area contributed by atoms with Gasteiger partial charge in [0.15, 0.2) is 4.34 Å². The van der Waals surface area contributed by atoms with Crippen LogP contribution in [-0.4, -0.2) is 63.9 Å². The molecule has 0 aliphatic carbocycles. The lowest BCUT2D eigenvalue weighted by Gasteiger charge is -2.34. The molecule has 0 bridgehead atoms. The largest absolute Gasteiger partial charge is 0.466 e. The van der Waals surface area contributed by atoms with E-state index in [0.717, 1.165) is 37.1 Å². The summed E-state index contributed by atoms with van der Waals surface area (Å²) >= 11 is 2.83. The Morgan fingerprint density at radius 1 is 1.26 bits per heavy atom. The zero-order chi connectivity index (χ0) is 19.2. The molecule has 0 N–H and O–H groups in total. The number of piperazine rings is 1. The summed E-state index contributed by atoms with van der Waals surface area (Å²) in [4.78, 5) is 16.8. The molecule has 0 unspecified atom stereocenters. The van der Waals surface area contributed by atoms with Gasteiger partial charge in [0.1, 0.15) is 0 Å². The second-order valence-electron chi connectivity index (χ2n) is 6.94. The van der Waals surface area contributed by atoms with Gasteiger partial charge in [0.2, 0.25) is 5.91 Å². The lowest BCUT2D eigenvalue weighted by Crippen LogP contribution is -2.48. The number of carbonyl (C=O) groups excluding carboxylic acids is 1. The average Bonchev–Trinajstić information content (AvgIpc) is 3.07. The number of aryl methyl sites for hydroxylation is 1. The molecule has 1 aliphatic rings. The summed E-state index contributed by atoms with van der Waals surface area (Å²) in [6.07, 6.45) is 0.0773. The van der Waals surface area contributed by atoms with E-state index in [2.05, 4.69) is 46.3 Å². The molecule has 146 valence electrons. The van der Waals surface area contributed by atoms with Gasteiger partial charge < -0.3 is 9.64 Å². The molecule has 1 saturated heterocycles. The van der Waals surface area contributed by atoms with Crippen molar-refractivity contribution in [2.24, 2.45) is 0 Å². The van der Waals surface area contributed by atoms with Gasteiger partial charge in [-0.2, -0.15) is 0 Å². The van der Waals surface area contributed by atoms with Gasteiger partial charge in [0.25, 0.3) is 5.19 Å². The van der Waals surface area contributed by atoms with Crippen LogP contribution < -0.4 is 4.74 Å². The molecule has 3 rings (SSSR count). The van der Waals surface area contributed by atoms with E-state index in [4.69, 9.17) is 4.74 Å². The average molecular weight is 407 g/mol. The van der Waals surface area contributed by atoms with Crippen molar-refractivity contribution in [1.29, 1.82) is 0 Å². The lowest BCUT2D eigenvalue weighted by atomic mass is 10.1. The molecule has 8 heteroatoms. The molecule has 0 radical (unpaired) electrons. The van der Waals surface area contributed by atoms with Crippen LogP contribution in [-0.2, 0) is 11.3 Å². The maximum Gasteiger partial charge on any atom is 0.295 e. The van der Waals surface area contributed by atoms with E-state index >= 15 is 0 Å². The summed E-state index contributed by atoms with van der Waals surface area (Å²) in [5, 5.41) is 8.64. The number of benzene rings is 1. The molecule has 0 atom stereocenters. The van der Waals surface area contributed by atoms with E-state index in [1.54, 1.807) is 0 Å². The van der Waals surface area contributed by atoms with Crippen LogP contribution in [0.3, 0.4) is 0 Å². The van der Waals surface area contributed by atoms with Crippen molar-refractivity contribution in [1.82, 2.24) is 20.0 Å². The van der Waals surface area contributed by atoms with Gasteiger partial charge in [-0.1, -0.05) is 46.7 Å². The van der Waals surface area contributed by atoms with Crippen molar-refractivity contribution in [3.05, 3.63) is 35.4 Å². The van der Waals surface area contributed by atoms with Gasteiger partial charge >= 0.3 is 0 Å². The minimum absolute atomic E-state index is 0.0773. The first kappa shape index (κ1) is 20.1. The smallest absolute Gasteiger partial charge is 0.295 e. The minimum Gasteiger partial charge on any atom is -0.466 e.